The summed E-state index contributed by atoms with van der Waals surface area (Å²) < 4.78 is 5.13. The Morgan fingerprint density at radius 2 is 2.38 bits per heavy atom. The first-order chi connectivity index (χ1) is 6.29. The summed E-state index contributed by atoms with van der Waals surface area (Å²) in [7, 11) is 0. The van der Waals surface area contributed by atoms with E-state index in [2.05, 4.69) is 23.5 Å². The van der Waals surface area contributed by atoms with Crippen LogP contribution >= 0.6 is 11.3 Å². The molecule has 2 aromatic heterocycles. The lowest BCUT2D eigenvalue weighted by Crippen LogP contribution is -1.94. The minimum atomic E-state index is 0.423. The highest BCUT2D eigenvalue weighted by Crippen LogP contribution is 2.25. The molecule has 2 aromatic rings. The van der Waals surface area contributed by atoms with E-state index >= 15 is 0 Å². The van der Waals surface area contributed by atoms with Crippen molar-refractivity contribution in [2.24, 2.45) is 5.73 Å². The Morgan fingerprint density at radius 3 is 2.92 bits per heavy atom. The van der Waals surface area contributed by atoms with E-state index in [4.69, 9.17) is 10.3 Å². The van der Waals surface area contributed by atoms with Crippen molar-refractivity contribution < 1.29 is 4.52 Å². The van der Waals surface area contributed by atoms with Gasteiger partial charge in [-0.25, -0.2) is 0 Å². The molecule has 0 amide bonds. The third kappa shape index (κ3) is 1.64. The van der Waals surface area contributed by atoms with Crippen molar-refractivity contribution in [3.63, 3.8) is 0 Å². The maximum atomic E-state index is 5.43. The van der Waals surface area contributed by atoms with Crippen LogP contribution in [-0.4, -0.2) is 5.16 Å². The summed E-state index contributed by atoms with van der Waals surface area (Å²) in [5.74, 6) is 0.796. The van der Waals surface area contributed by atoms with Crippen LogP contribution in [-0.2, 0) is 6.54 Å². The van der Waals surface area contributed by atoms with Crippen LogP contribution in [0.4, 0.5) is 0 Å². The highest BCUT2D eigenvalue weighted by Gasteiger charge is 2.06. The van der Waals surface area contributed by atoms with Gasteiger partial charge in [0, 0.05) is 28.4 Å². The van der Waals surface area contributed by atoms with Crippen LogP contribution < -0.4 is 5.73 Å². The number of nitrogens with zero attached hydrogens (tertiary/aromatic N) is 1. The Balaban J connectivity index is 2.35. The molecular formula is C9H10N2OS. The SMILES string of the molecule is Cc1cc(-c2cc(CN)no2)cs1. The van der Waals surface area contributed by atoms with Gasteiger partial charge >= 0.3 is 0 Å². The largest absolute Gasteiger partial charge is 0.356 e. The van der Waals surface area contributed by atoms with Crippen molar-refractivity contribution in [3.05, 3.63) is 28.1 Å². The quantitative estimate of drug-likeness (QED) is 0.797. The summed E-state index contributed by atoms with van der Waals surface area (Å²) in [6.07, 6.45) is 0. The zero-order chi connectivity index (χ0) is 9.26. The maximum absolute atomic E-state index is 5.43. The first kappa shape index (κ1) is 8.47. The van der Waals surface area contributed by atoms with E-state index in [9.17, 15) is 0 Å². The lowest BCUT2D eigenvalue weighted by Gasteiger charge is -1.84. The molecule has 0 unspecified atom stereocenters. The van der Waals surface area contributed by atoms with Gasteiger partial charge in [0.15, 0.2) is 5.76 Å². The number of hydrogen-bond acceptors (Lipinski definition) is 4. The summed E-state index contributed by atoms with van der Waals surface area (Å²) in [6.45, 7) is 2.49. The summed E-state index contributed by atoms with van der Waals surface area (Å²) in [6, 6.07) is 3.95. The molecule has 0 aromatic carbocycles. The van der Waals surface area contributed by atoms with Crippen LogP contribution in [0, 0.1) is 6.92 Å². The van der Waals surface area contributed by atoms with E-state index in [-0.39, 0.29) is 0 Å². The highest BCUT2D eigenvalue weighted by atomic mass is 32.1. The summed E-state index contributed by atoms with van der Waals surface area (Å²) in [5, 5.41) is 5.88. The van der Waals surface area contributed by atoms with Crippen molar-refractivity contribution >= 4 is 11.3 Å². The smallest absolute Gasteiger partial charge is 0.168 e. The molecule has 0 aliphatic rings. The maximum Gasteiger partial charge on any atom is 0.168 e. The fourth-order valence-electron chi connectivity index (χ4n) is 1.12. The average molecular weight is 194 g/mol. The predicted octanol–water partition coefficient (Wildman–Crippen LogP) is 2.17. The fraction of sp³-hybridized carbons (Fsp3) is 0.222. The molecule has 68 valence electrons. The Bertz CT molecular complexity index is 405. The number of aromatic nitrogens is 1. The molecule has 0 aliphatic heterocycles. The first-order valence-corrected chi connectivity index (χ1v) is 4.88. The predicted molar refractivity (Wildman–Crippen MR) is 52.4 cm³/mol. The second kappa shape index (κ2) is 3.32. The van der Waals surface area contributed by atoms with Crippen molar-refractivity contribution in [1.82, 2.24) is 5.16 Å². The Hall–Kier alpha value is -1.13. The molecule has 2 N–H and O–H groups in total. The van der Waals surface area contributed by atoms with Crippen LogP contribution in [0.3, 0.4) is 0 Å². The van der Waals surface area contributed by atoms with Crippen LogP contribution in [0.5, 0.6) is 0 Å². The molecule has 0 saturated carbocycles. The molecule has 0 bridgehead atoms. The first-order valence-electron chi connectivity index (χ1n) is 4.01. The van der Waals surface area contributed by atoms with Crippen LogP contribution in [0.1, 0.15) is 10.6 Å². The van der Waals surface area contributed by atoms with Gasteiger partial charge in [-0.1, -0.05) is 5.16 Å². The van der Waals surface area contributed by atoms with Crippen molar-refractivity contribution in [1.29, 1.82) is 0 Å². The zero-order valence-electron chi connectivity index (χ0n) is 7.28. The molecule has 2 rings (SSSR count). The number of nitrogens with two attached hydrogens (primary N) is 1. The van der Waals surface area contributed by atoms with Gasteiger partial charge in [0.1, 0.15) is 0 Å². The number of hydrogen-bond donors (Lipinski definition) is 1. The van der Waals surface area contributed by atoms with Gasteiger partial charge < -0.3 is 10.3 Å². The van der Waals surface area contributed by atoms with Crippen LogP contribution in [0.2, 0.25) is 0 Å². The molecule has 13 heavy (non-hydrogen) atoms. The lowest BCUT2D eigenvalue weighted by atomic mass is 10.2. The Labute approximate surface area is 80.2 Å². The standard InChI is InChI=1S/C9H10N2OS/c1-6-2-7(5-13-6)9-3-8(4-10)11-12-9/h2-3,5H,4,10H2,1H3. The Kier molecular flexibility index (Phi) is 2.16. The van der Waals surface area contributed by atoms with Crippen LogP contribution in [0.15, 0.2) is 22.0 Å². The summed E-state index contributed by atoms with van der Waals surface area (Å²) in [5.41, 5.74) is 7.30. The van der Waals surface area contributed by atoms with E-state index in [0.717, 1.165) is 17.0 Å². The molecule has 3 nitrogen and oxygen atoms in total. The summed E-state index contributed by atoms with van der Waals surface area (Å²) >= 11 is 1.70. The normalized spacial score (nSPS) is 10.6. The van der Waals surface area contributed by atoms with Crippen molar-refractivity contribution in [3.8, 4) is 11.3 Å². The average Bonchev–Trinajstić information content (AvgIpc) is 2.71. The van der Waals surface area contributed by atoms with E-state index in [1.807, 2.05) is 6.07 Å². The monoisotopic (exact) mass is 194 g/mol. The second-order valence-electron chi connectivity index (χ2n) is 2.83. The van der Waals surface area contributed by atoms with Gasteiger partial charge in [-0.05, 0) is 13.0 Å². The number of rotatable bonds is 2. The summed E-state index contributed by atoms with van der Waals surface area (Å²) in [4.78, 5) is 1.26. The van der Waals surface area contributed by atoms with Crippen molar-refractivity contribution in [2.45, 2.75) is 13.5 Å². The number of aryl methyl sites for hydroxylation is 1. The molecule has 0 fully saturated rings. The topological polar surface area (TPSA) is 52.0 Å². The third-order valence-electron chi connectivity index (χ3n) is 1.78. The van der Waals surface area contributed by atoms with Crippen molar-refractivity contribution in [2.75, 3.05) is 0 Å². The van der Waals surface area contributed by atoms with Gasteiger partial charge in [0.2, 0.25) is 0 Å². The molecule has 0 spiro atoms. The van der Waals surface area contributed by atoms with Gasteiger partial charge in [-0.2, -0.15) is 0 Å². The molecule has 2 heterocycles. The van der Waals surface area contributed by atoms with Crippen LogP contribution in [0.25, 0.3) is 11.3 Å². The highest BCUT2D eigenvalue weighted by molar-refractivity contribution is 7.10. The zero-order valence-corrected chi connectivity index (χ0v) is 8.10. The Morgan fingerprint density at radius 1 is 1.54 bits per heavy atom. The second-order valence-corrected chi connectivity index (χ2v) is 3.95. The lowest BCUT2D eigenvalue weighted by molar-refractivity contribution is 0.424. The van der Waals surface area contributed by atoms with Gasteiger partial charge in [-0.3, -0.25) is 0 Å². The molecule has 0 atom stereocenters. The van der Waals surface area contributed by atoms with Gasteiger partial charge in [0.05, 0.1) is 5.69 Å². The molecule has 0 radical (unpaired) electrons. The van der Waals surface area contributed by atoms with E-state index < -0.39 is 0 Å². The minimum Gasteiger partial charge on any atom is -0.356 e. The molecule has 0 saturated heterocycles. The fourth-order valence-corrected chi connectivity index (χ4v) is 1.81. The molecule has 0 aliphatic carbocycles. The van der Waals surface area contributed by atoms with E-state index in [1.54, 1.807) is 11.3 Å². The van der Waals surface area contributed by atoms with Gasteiger partial charge in [-0.15, -0.1) is 11.3 Å². The number of thiophene rings is 1. The van der Waals surface area contributed by atoms with Gasteiger partial charge in [0.25, 0.3) is 0 Å². The minimum absolute atomic E-state index is 0.423. The third-order valence-corrected chi connectivity index (χ3v) is 2.64. The van der Waals surface area contributed by atoms with E-state index in [0.29, 0.717) is 6.54 Å². The molecule has 4 heteroatoms. The molecular weight excluding hydrogens is 184 g/mol. The van der Waals surface area contributed by atoms with E-state index in [1.165, 1.54) is 4.88 Å².